The summed E-state index contributed by atoms with van der Waals surface area (Å²) in [6, 6.07) is 5.55. The minimum absolute atomic E-state index is 0.00992. The number of methoxy groups -OCH3 is 1. The van der Waals surface area contributed by atoms with E-state index >= 15 is 0 Å². The molecule has 0 saturated carbocycles. The van der Waals surface area contributed by atoms with Crippen LogP contribution in [0.5, 0.6) is 5.75 Å². The van der Waals surface area contributed by atoms with Gasteiger partial charge in [-0.2, -0.15) is 11.8 Å². The Morgan fingerprint density at radius 2 is 2.17 bits per heavy atom. The number of thioether (sulfide) groups is 1. The van der Waals surface area contributed by atoms with Crippen LogP contribution in [0.1, 0.15) is 24.5 Å². The highest BCUT2D eigenvalue weighted by molar-refractivity contribution is 7.98. The molecule has 1 aromatic rings. The standard InChI is InChI=1S/C17H24N2O3S/c1-12(20)18-16(7-9-23-3)17(21)19-8-6-13-10-15(22-2)5-4-14(13)11-19/h4-5,10,16H,6-9,11H2,1-3H3,(H,18,20)/t16-/m0/s1. The first-order valence-corrected chi connectivity index (χ1v) is 9.15. The minimum atomic E-state index is -0.431. The summed E-state index contributed by atoms with van der Waals surface area (Å²) in [5.74, 6) is 1.54. The van der Waals surface area contributed by atoms with E-state index in [2.05, 4.69) is 5.32 Å². The molecular weight excluding hydrogens is 312 g/mol. The smallest absolute Gasteiger partial charge is 0.245 e. The van der Waals surface area contributed by atoms with Gasteiger partial charge >= 0.3 is 0 Å². The third-order valence-corrected chi connectivity index (χ3v) is 4.67. The van der Waals surface area contributed by atoms with Crippen LogP contribution in [0, 0.1) is 0 Å². The monoisotopic (exact) mass is 336 g/mol. The summed E-state index contributed by atoms with van der Waals surface area (Å²) in [4.78, 5) is 26.0. The Balaban J connectivity index is 2.08. The first-order chi connectivity index (χ1) is 11.0. The number of amides is 2. The second-order valence-corrected chi connectivity index (χ2v) is 6.66. The van der Waals surface area contributed by atoms with Gasteiger partial charge in [-0.25, -0.2) is 0 Å². The van der Waals surface area contributed by atoms with E-state index in [4.69, 9.17) is 4.74 Å². The second kappa shape index (κ2) is 8.24. The number of rotatable bonds is 6. The molecule has 1 atom stereocenters. The Bertz CT molecular complexity index is 577. The maximum Gasteiger partial charge on any atom is 0.245 e. The van der Waals surface area contributed by atoms with Crippen LogP contribution in [0.2, 0.25) is 0 Å². The zero-order valence-electron chi connectivity index (χ0n) is 13.9. The Hall–Kier alpha value is -1.69. The fourth-order valence-corrected chi connectivity index (χ4v) is 3.27. The predicted octanol–water partition coefficient (Wildman–Crippen LogP) is 1.84. The van der Waals surface area contributed by atoms with Gasteiger partial charge < -0.3 is 15.0 Å². The van der Waals surface area contributed by atoms with Crippen molar-refractivity contribution in [2.24, 2.45) is 0 Å². The predicted molar refractivity (Wildman–Crippen MR) is 92.7 cm³/mol. The lowest BCUT2D eigenvalue weighted by atomic mass is 9.98. The fourth-order valence-electron chi connectivity index (χ4n) is 2.80. The highest BCUT2D eigenvalue weighted by atomic mass is 32.2. The van der Waals surface area contributed by atoms with E-state index in [1.165, 1.54) is 12.5 Å². The maximum absolute atomic E-state index is 12.7. The zero-order valence-corrected chi connectivity index (χ0v) is 14.7. The van der Waals surface area contributed by atoms with E-state index in [1.54, 1.807) is 18.9 Å². The van der Waals surface area contributed by atoms with E-state index in [9.17, 15) is 9.59 Å². The molecule has 1 heterocycles. The molecular formula is C17H24N2O3S. The lowest BCUT2D eigenvalue weighted by Crippen LogP contribution is -2.49. The van der Waals surface area contributed by atoms with Gasteiger partial charge in [-0.05, 0) is 48.1 Å². The molecule has 0 bridgehead atoms. The molecule has 5 nitrogen and oxygen atoms in total. The van der Waals surface area contributed by atoms with Crippen LogP contribution in [0.4, 0.5) is 0 Å². The van der Waals surface area contributed by atoms with Crippen LogP contribution < -0.4 is 10.1 Å². The lowest BCUT2D eigenvalue weighted by Gasteiger charge is -2.32. The summed E-state index contributed by atoms with van der Waals surface area (Å²) in [5, 5.41) is 2.79. The number of carbonyl (C=O) groups is 2. The number of hydrogen-bond acceptors (Lipinski definition) is 4. The molecule has 0 fully saturated rings. The minimum Gasteiger partial charge on any atom is -0.497 e. The van der Waals surface area contributed by atoms with Gasteiger partial charge in [0.15, 0.2) is 0 Å². The first-order valence-electron chi connectivity index (χ1n) is 7.75. The third kappa shape index (κ3) is 4.64. The molecule has 1 aliphatic heterocycles. The molecule has 0 aromatic heterocycles. The zero-order chi connectivity index (χ0) is 16.8. The highest BCUT2D eigenvalue weighted by Crippen LogP contribution is 2.24. The molecule has 1 N–H and O–H groups in total. The molecule has 23 heavy (non-hydrogen) atoms. The number of ether oxygens (including phenoxy) is 1. The Morgan fingerprint density at radius 1 is 1.39 bits per heavy atom. The van der Waals surface area contributed by atoms with Crippen molar-refractivity contribution in [3.63, 3.8) is 0 Å². The number of fused-ring (bicyclic) bond motifs is 1. The molecule has 0 saturated heterocycles. The average Bonchev–Trinajstić information content (AvgIpc) is 2.56. The summed E-state index contributed by atoms with van der Waals surface area (Å²) in [7, 11) is 1.66. The average molecular weight is 336 g/mol. The van der Waals surface area contributed by atoms with Crippen molar-refractivity contribution in [3.05, 3.63) is 29.3 Å². The summed E-state index contributed by atoms with van der Waals surface area (Å²) in [5.41, 5.74) is 2.38. The SMILES string of the molecule is COc1ccc2c(c1)CCN(C(=O)[C@H](CCSC)NC(C)=O)C2. The van der Waals surface area contributed by atoms with Crippen molar-refractivity contribution in [2.45, 2.75) is 32.4 Å². The normalized spacial score (nSPS) is 14.8. The molecule has 0 aliphatic carbocycles. The molecule has 2 amide bonds. The molecule has 1 aliphatic rings. The van der Waals surface area contributed by atoms with E-state index in [0.29, 0.717) is 19.5 Å². The van der Waals surface area contributed by atoms with Gasteiger partial charge in [0.2, 0.25) is 11.8 Å². The quantitative estimate of drug-likeness (QED) is 0.861. The molecule has 0 spiro atoms. The Morgan fingerprint density at radius 3 is 2.83 bits per heavy atom. The summed E-state index contributed by atoms with van der Waals surface area (Å²) >= 11 is 1.68. The summed E-state index contributed by atoms with van der Waals surface area (Å²) in [6.07, 6.45) is 3.47. The molecule has 2 rings (SSSR count). The van der Waals surface area contributed by atoms with E-state index < -0.39 is 6.04 Å². The number of nitrogens with zero attached hydrogens (tertiary/aromatic N) is 1. The van der Waals surface area contributed by atoms with Crippen molar-refractivity contribution in [3.8, 4) is 5.75 Å². The van der Waals surface area contributed by atoms with Crippen LogP contribution in [-0.2, 0) is 22.6 Å². The van der Waals surface area contributed by atoms with E-state index in [1.807, 2.05) is 29.4 Å². The van der Waals surface area contributed by atoms with Gasteiger partial charge in [0, 0.05) is 20.0 Å². The number of hydrogen-bond donors (Lipinski definition) is 1. The Labute approximate surface area is 141 Å². The van der Waals surface area contributed by atoms with Crippen molar-refractivity contribution in [2.75, 3.05) is 25.7 Å². The van der Waals surface area contributed by atoms with Crippen LogP contribution >= 0.6 is 11.8 Å². The van der Waals surface area contributed by atoms with Crippen molar-refractivity contribution >= 4 is 23.6 Å². The lowest BCUT2D eigenvalue weighted by molar-refractivity contribution is -0.137. The number of nitrogens with one attached hydrogen (secondary N) is 1. The van der Waals surface area contributed by atoms with Crippen molar-refractivity contribution in [1.82, 2.24) is 10.2 Å². The van der Waals surface area contributed by atoms with E-state index in [-0.39, 0.29) is 11.8 Å². The van der Waals surface area contributed by atoms with Crippen molar-refractivity contribution < 1.29 is 14.3 Å². The van der Waals surface area contributed by atoms with Crippen molar-refractivity contribution in [1.29, 1.82) is 0 Å². The number of carbonyl (C=O) groups excluding carboxylic acids is 2. The topological polar surface area (TPSA) is 58.6 Å². The molecule has 1 aromatic carbocycles. The van der Waals surface area contributed by atoms with Gasteiger partial charge in [-0.1, -0.05) is 6.07 Å². The number of benzene rings is 1. The van der Waals surface area contributed by atoms with Crippen LogP contribution in [-0.4, -0.2) is 48.4 Å². The first kappa shape index (κ1) is 17.7. The second-order valence-electron chi connectivity index (χ2n) is 5.68. The Kier molecular flexibility index (Phi) is 6.33. The molecule has 0 unspecified atom stereocenters. The fraction of sp³-hybridized carbons (Fsp3) is 0.529. The summed E-state index contributed by atoms with van der Waals surface area (Å²) < 4.78 is 5.25. The summed E-state index contributed by atoms with van der Waals surface area (Å²) in [6.45, 7) is 2.72. The van der Waals surface area contributed by atoms with Gasteiger partial charge in [0.25, 0.3) is 0 Å². The largest absolute Gasteiger partial charge is 0.497 e. The highest BCUT2D eigenvalue weighted by Gasteiger charge is 2.27. The van der Waals surface area contributed by atoms with Crippen LogP contribution in [0.3, 0.4) is 0 Å². The third-order valence-electron chi connectivity index (χ3n) is 4.02. The van der Waals surface area contributed by atoms with Gasteiger partial charge in [0.1, 0.15) is 11.8 Å². The van der Waals surface area contributed by atoms with Gasteiger partial charge in [0.05, 0.1) is 7.11 Å². The van der Waals surface area contributed by atoms with Gasteiger partial charge in [-0.3, -0.25) is 9.59 Å². The van der Waals surface area contributed by atoms with Crippen LogP contribution in [0.15, 0.2) is 18.2 Å². The molecule has 0 radical (unpaired) electrons. The maximum atomic E-state index is 12.7. The molecule has 126 valence electrons. The van der Waals surface area contributed by atoms with Gasteiger partial charge in [-0.15, -0.1) is 0 Å². The van der Waals surface area contributed by atoms with E-state index in [0.717, 1.165) is 23.5 Å². The molecule has 6 heteroatoms. The van der Waals surface area contributed by atoms with Crippen LogP contribution in [0.25, 0.3) is 0 Å².